The fourth-order valence-corrected chi connectivity index (χ4v) is 6.87. The zero-order valence-electron chi connectivity index (χ0n) is 31.2. The number of hydrogen-bond donors (Lipinski definition) is 2. The number of carbonyl (C=O) groups excluding carboxylic acids is 1. The van der Waals surface area contributed by atoms with Gasteiger partial charge in [0.05, 0.1) is 12.2 Å². The molecule has 16 heteroatoms. The number of nitrogens with zero attached hydrogens (tertiary/aromatic N) is 7. The standard InChI is InChI=1S/C32H49ClFN7O3.C4H4O4/c1-8-41(23(4)5)30(42)25-18-24(34)11-12-27(25)44-29-28(35-31(33)37-36-29)39-15-13-32(19-39)20-40(21-32)26(22(2)3)10-9-14-38(6)16-17-43-7;5-3(6)1-2-4(7)8/h11-12,18,22-23,26H,8-10,13-17,19-21H2,1-7H3;1-2H,(H,5,6)(H,7,8)/b;2-1+. The molecule has 0 bridgehead atoms. The van der Waals surface area contributed by atoms with Gasteiger partial charge in [0.15, 0.2) is 5.82 Å². The van der Waals surface area contributed by atoms with E-state index in [2.05, 4.69) is 50.8 Å². The number of amides is 1. The second-order valence-electron chi connectivity index (χ2n) is 14.0. The Morgan fingerprint density at radius 2 is 1.75 bits per heavy atom. The highest BCUT2D eigenvalue weighted by Gasteiger charge is 2.50. The maximum Gasteiger partial charge on any atom is 0.328 e. The Morgan fingerprint density at radius 3 is 2.33 bits per heavy atom. The second-order valence-corrected chi connectivity index (χ2v) is 14.3. The van der Waals surface area contributed by atoms with Gasteiger partial charge in [-0.15, -0.1) is 10.2 Å². The van der Waals surface area contributed by atoms with Gasteiger partial charge < -0.3 is 34.4 Å². The molecule has 1 aromatic carbocycles. The van der Waals surface area contributed by atoms with Crippen LogP contribution in [0.15, 0.2) is 30.4 Å². The van der Waals surface area contributed by atoms with E-state index in [1.807, 2.05) is 20.8 Å². The highest BCUT2D eigenvalue weighted by atomic mass is 35.5. The summed E-state index contributed by atoms with van der Waals surface area (Å²) < 4.78 is 25.7. The molecule has 4 rings (SSSR count). The first-order valence-electron chi connectivity index (χ1n) is 17.6. The van der Waals surface area contributed by atoms with Gasteiger partial charge in [0.25, 0.3) is 11.8 Å². The van der Waals surface area contributed by atoms with Crippen molar-refractivity contribution in [3.05, 3.63) is 47.0 Å². The van der Waals surface area contributed by atoms with Crippen LogP contribution in [0.4, 0.5) is 10.2 Å². The van der Waals surface area contributed by atoms with Gasteiger partial charge >= 0.3 is 11.9 Å². The molecule has 52 heavy (non-hydrogen) atoms. The normalized spacial score (nSPS) is 16.0. The molecule has 2 aliphatic heterocycles. The second kappa shape index (κ2) is 19.8. The van der Waals surface area contributed by atoms with Crippen molar-refractivity contribution in [3.63, 3.8) is 0 Å². The molecule has 2 N–H and O–H groups in total. The van der Waals surface area contributed by atoms with E-state index in [-0.39, 0.29) is 39.8 Å². The Bertz CT molecular complexity index is 1520. The van der Waals surface area contributed by atoms with E-state index >= 15 is 0 Å². The zero-order valence-corrected chi connectivity index (χ0v) is 32.0. The van der Waals surface area contributed by atoms with Crippen LogP contribution in [0.3, 0.4) is 0 Å². The van der Waals surface area contributed by atoms with Crippen molar-refractivity contribution in [2.45, 2.75) is 66.0 Å². The summed E-state index contributed by atoms with van der Waals surface area (Å²) in [4.78, 5) is 45.8. The van der Waals surface area contributed by atoms with Crippen molar-refractivity contribution in [1.82, 2.24) is 29.9 Å². The van der Waals surface area contributed by atoms with E-state index in [9.17, 15) is 18.8 Å². The molecule has 288 valence electrons. The minimum Gasteiger partial charge on any atom is -0.478 e. The van der Waals surface area contributed by atoms with Gasteiger partial charge in [0.1, 0.15) is 11.6 Å². The Kier molecular flexibility index (Phi) is 16.2. The monoisotopic (exact) mass is 749 g/mol. The highest BCUT2D eigenvalue weighted by Crippen LogP contribution is 2.45. The van der Waals surface area contributed by atoms with Gasteiger partial charge in [0.2, 0.25) is 5.28 Å². The van der Waals surface area contributed by atoms with Crippen LogP contribution in [0.2, 0.25) is 5.28 Å². The maximum absolute atomic E-state index is 14.3. The van der Waals surface area contributed by atoms with Crippen LogP contribution in [0, 0.1) is 17.2 Å². The van der Waals surface area contributed by atoms with Gasteiger partial charge in [-0.3, -0.25) is 9.69 Å². The molecule has 3 heterocycles. The predicted molar refractivity (Wildman–Crippen MR) is 196 cm³/mol. The lowest BCUT2D eigenvalue weighted by atomic mass is 9.76. The molecule has 1 unspecified atom stereocenters. The number of aliphatic carboxylic acids is 2. The third kappa shape index (κ3) is 12.1. The number of carbonyl (C=O) groups is 3. The molecule has 14 nitrogen and oxygen atoms in total. The average Bonchev–Trinajstić information content (AvgIpc) is 3.52. The number of halogens is 2. The van der Waals surface area contributed by atoms with Crippen molar-refractivity contribution >= 4 is 35.3 Å². The van der Waals surface area contributed by atoms with E-state index in [0.717, 1.165) is 58.7 Å². The largest absolute Gasteiger partial charge is 0.478 e. The fraction of sp³-hybridized carbons (Fsp3) is 0.611. The first-order chi connectivity index (χ1) is 24.6. The van der Waals surface area contributed by atoms with E-state index in [1.165, 1.54) is 24.6 Å². The summed E-state index contributed by atoms with van der Waals surface area (Å²) in [6.45, 7) is 17.3. The lowest BCUT2D eigenvalue weighted by Crippen LogP contribution is -2.62. The number of aromatic nitrogens is 3. The molecule has 2 aromatic rings. The van der Waals surface area contributed by atoms with Crippen molar-refractivity contribution in [3.8, 4) is 11.6 Å². The maximum atomic E-state index is 14.3. The molecule has 0 saturated carbocycles. The molecule has 1 amide bonds. The number of rotatable bonds is 17. The van der Waals surface area contributed by atoms with E-state index in [0.29, 0.717) is 36.5 Å². The van der Waals surface area contributed by atoms with Gasteiger partial charge in [-0.05, 0) is 89.3 Å². The number of likely N-dealkylation sites (tertiary alicyclic amines) is 1. The SMILES string of the molecule is CCN(C(=O)c1cc(F)ccc1Oc1nnc(Cl)nc1N1CCC2(C1)CN(C(CCCN(C)CCOC)C(C)C)C2)C(C)C.O=C(O)/C=C/C(=O)O. The summed E-state index contributed by atoms with van der Waals surface area (Å²) in [6, 6.07) is 4.41. The number of benzene rings is 1. The summed E-state index contributed by atoms with van der Waals surface area (Å²) in [5.74, 6) is -1.94. The molecule has 1 spiro atoms. The molecule has 2 fully saturated rings. The number of ether oxygens (including phenoxy) is 2. The number of carboxylic acids is 2. The van der Waals surface area contributed by atoms with Gasteiger partial charge in [0, 0.05) is 76.0 Å². The third-order valence-corrected chi connectivity index (χ3v) is 9.52. The minimum absolute atomic E-state index is 0.0197. The van der Waals surface area contributed by atoms with Crippen molar-refractivity contribution in [1.29, 1.82) is 0 Å². The number of hydrogen-bond acceptors (Lipinski definition) is 11. The van der Waals surface area contributed by atoms with Crippen molar-refractivity contribution < 1.29 is 38.5 Å². The summed E-state index contributed by atoms with van der Waals surface area (Å²) in [5.41, 5.74) is 0.285. The van der Waals surface area contributed by atoms with Crippen molar-refractivity contribution in [2.75, 3.05) is 71.5 Å². The number of likely N-dealkylation sites (N-methyl/N-ethyl adjacent to an activating group) is 1. The van der Waals surface area contributed by atoms with Gasteiger partial charge in [-0.25, -0.2) is 14.0 Å². The van der Waals surface area contributed by atoms with Crippen LogP contribution in [0.1, 0.15) is 64.2 Å². The van der Waals surface area contributed by atoms with Crippen LogP contribution in [-0.2, 0) is 14.3 Å². The smallest absolute Gasteiger partial charge is 0.328 e. The summed E-state index contributed by atoms with van der Waals surface area (Å²) in [6.07, 6.45) is 4.47. The van der Waals surface area contributed by atoms with Gasteiger partial charge in [-0.1, -0.05) is 13.8 Å². The molecular formula is C36H53ClFN7O7. The number of carboxylic acid groups (broad SMARTS) is 2. The van der Waals surface area contributed by atoms with E-state index in [1.54, 1.807) is 12.0 Å². The molecule has 2 aliphatic rings. The Labute approximate surface area is 310 Å². The number of methoxy groups -OCH3 is 1. The zero-order chi connectivity index (χ0) is 38.6. The number of anilines is 1. The molecule has 2 saturated heterocycles. The van der Waals surface area contributed by atoms with Crippen LogP contribution in [0.25, 0.3) is 0 Å². The molecule has 1 atom stereocenters. The van der Waals surface area contributed by atoms with Crippen molar-refractivity contribution in [2.24, 2.45) is 11.3 Å². The third-order valence-electron chi connectivity index (χ3n) is 9.36. The Hall–Kier alpha value is -3.92. The molecular weight excluding hydrogens is 697 g/mol. The first-order valence-corrected chi connectivity index (χ1v) is 18.0. The average molecular weight is 750 g/mol. The highest BCUT2D eigenvalue weighted by molar-refractivity contribution is 6.28. The summed E-state index contributed by atoms with van der Waals surface area (Å²) in [5, 5.41) is 23.8. The Balaban J connectivity index is 0.000000815. The first kappa shape index (κ1) is 42.5. The predicted octanol–water partition coefficient (Wildman–Crippen LogP) is 4.93. The van der Waals surface area contributed by atoms with Crippen LogP contribution < -0.4 is 9.64 Å². The fourth-order valence-electron chi connectivity index (χ4n) is 6.75. The molecule has 0 radical (unpaired) electrons. The minimum atomic E-state index is -1.26. The van der Waals surface area contributed by atoms with E-state index in [4.69, 9.17) is 31.3 Å². The quantitative estimate of drug-likeness (QED) is 0.210. The molecule has 1 aromatic heterocycles. The van der Waals surface area contributed by atoms with Crippen LogP contribution in [-0.4, -0.2) is 137 Å². The lowest BCUT2D eigenvalue weighted by Gasteiger charge is -2.53. The van der Waals surface area contributed by atoms with Crippen LogP contribution in [0.5, 0.6) is 11.6 Å². The van der Waals surface area contributed by atoms with E-state index < -0.39 is 17.8 Å². The topological polar surface area (TPSA) is 162 Å². The van der Waals surface area contributed by atoms with Gasteiger partial charge in [-0.2, -0.15) is 4.98 Å². The van der Waals surface area contributed by atoms with Crippen LogP contribution >= 0.6 is 11.6 Å². The molecule has 0 aliphatic carbocycles. The lowest BCUT2D eigenvalue weighted by molar-refractivity contribution is -0.134. The summed E-state index contributed by atoms with van der Waals surface area (Å²) >= 11 is 6.22. The Morgan fingerprint density at radius 1 is 1.08 bits per heavy atom. The summed E-state index contributed by atoms with van der Waals surface area (Å²) in [7, 11) is 3.90.